The Labute approximate surface area is 168 Å². The zero-order valence-corrected chi connectivity index (χ0v) is 17.3. The lowest BCUT2D eigenvalue weighted by Gasteiger charge is -2.11. The number of sulfonamides is 1. The van der Waals surface area contributed by atoms with E-state index in [1.54, 1.807) is 0 Å². The van der Waals surface area contributed by atoms with E-state index in [1.807, 2.05) is 60.0 Å². The third kappa shape index (κ3) is 5.32. The summed E-state index contributed by atoms with van der Waals surface area (Å²) in [5, 5.41) is 10.0. The van der Waals surface area contributed by atoms with E-state index < -0.39 is 10.0 Å². The van der Waals surface area contributed by atoms with Crippen molar-refractivity contribution < 1.29 is 8.42 Å². The van der Waals surface area contributed by atoms with Gasteiger partial charge in [-0.3, -0.25) is 4.57 Å². The van der Waals surface area contributed by atoms with Gasteiger partial charge in [0.25, 0.3) is 0 Å². The number of hydrogen-bond donors (Lipinski definition) is 1. The molecule has 0 aliphatic rings. The van der Waals surface area contributed by atoms with Gasteiger partial charge in [0.05, 0.1) is 6.26 Å². The number of hydrogen-bond acceptors (Lipinski definition) is 5. The highest BCUT2D eigenvalue weighted by Gasteiger charge is 2.16. The molecule has 0 saturated heterocycles. The van der Waals surface area contributed by atoms with E-state index in [4.69, 9.17) is 11.6 Å². The first-order valence-corrected chi connectivity index (χ1v) is 11.4. The van der Waals surface area contributed by atoms with Crippen molar-refractivity contribution in [3.05, 3.63) is 59.1 Å². The van der Waals surface area contributed by atoms with E-state index in [1.165, 1.54) is 11.8 Å². The third-order valence-electron chi connectivity index (χ3n) is 3.73. The van der Waals surface area contributed by atoms with Crippen molar-refractivity contribution in [2.45, 2.75) is 12.1 Å². The van der Waals surface area contributed by atoms with Crippen LogP contribution in [0.2, 0.25) is 5.02 Å². The highest BCUT2D eigenvalue weighted by molar-refractivity contribution is 7.99. The first kappa shape index (κ1) is 19.9. The number of nitrogens with one attached hydrogen (secondary N) is 1. The van der Waals surface area contributed by atoms with Crippen LogP contribution >= 0.6 is 23.4 Å². The highest BCUT2D eigenvalue weighted by Crippen LogP contribution is 2.28. The van der Waals surface area contributed by atoms with Gasteiger partial charge < -0.3 is 0 Å². The molecule has 3 aromatic rings. The van der Waals surface area contributed by atoms with Gasteiger partial charge in [0, 0.05) is 28.6 Å². The SMILES string of the molecule is Cc1ccc(-n2c(SCCNS(C)(=O)=O)nnc2-c2ccc(Cl)cc2)cc1. The van der Waals surface area contributed by atoms with Crippen molar-refractivity contribution in [1.29, 1.82) is 0 Å². The van der Waals surface area contributed by atoms with Gasteiger partial charge >= 0.3 is 0 Å². The molecule has 0 unspecified atom stereocenters. The zero-order valence-electron chi connectivity index (χ0n) is 14.9. The van der Waals surface area contributed by atoms with Gasteiger partial charge in [-0.05, 0) is 43.3 Å². The number of aryl methyl sites for hydroxylation is 1. The van der Waals surface area contributed by atoms with Crippen LogP contribution < -0.4 is 4.72 Å². The summed E-state index contributed by atoms with van der Waals surface area (Å²) in [6.07, 6.45) is 1.14. The molecule has 0 spiro atoms. The van der Waals surface area contributed by atoms with Gasteiger partial charge in [-0.1, -0.05) is 41.1 Å². The molecule has 2 aromatic carbocycles. The maximum Gasteiger partial charge on any atom is 0.208 e. The minimum Gasteiger partial charge on any atom is -0.270 e. The quantitative estimate of drug-likeness (QED) is 0.465. The molecule has 1 N–H and O–H groups in total. The molecule has 3 rings (SSSR count). The summed E-state index contributed by atoms with van der Waals surface area (Å²) >= 11 is 7.44. The largest absolute Gasteiger partial charge is 0.270 e. The molecule has 1 aromatic heterocycles. The lowest BCUT2D eigenvalue weighted by Crippen LogP contribution is -2.24. The molecule has 0 radical (unpaired) electrons. The van der Waals surface area contributed by atoms with Crippen LogP contribution in [0.5, 0.6) is 0 Å². The summed E-state index contributed by atoms with van der Waals surface area (Å²) in [4.78, 5) is 0. The fraction of sp³-hybridized carbons (Fsp3) is 0.222. The van der Waals surface area contributed by atoms with Gasteiger partial charge in [-0.2, -0.15) is 0 Å². The number of benzene rings is 2. The van der Waals surface area contributed by atoms with Crippen molar-refractivity contribution in [2.75, 3.05) is 18.6 Å². The smallest absolute Gasteiger partial charge is 0.208 e. The summed E-state index contributed by atoms with van der Waals surface area (Å²) in [5.41, 5.74) is 2.99. The lowest BCUT2D eigenvalue weighted by molar-refractivity contribution is 0.590. The minimum atomic E-state index is -3.21. The fourth-order valence-corrected chi connectivity index (χ4v) is 3.98. The summed E-state index contributed by atoms with van der Waals surface area (Å²) in [5.74, 6) is 1.24. The Morgan fingerprint density at radius 1 is 1.07 bits per heavy atom. The van der Waals surface area contributed by atoms with Gasteiger partial charge in [-0.15, -0.1) is 10.2 Å². The standard InChI is InChI=1S/C18H19ClN4O2S2/c1-13-3-9-16(10-4-13)23-17(14-5-7-15(19)8-6-14)21-22-18(23)26-12-11-20-27(2,24)25/h3-10,20H,11-12H2,1-2H3. The second-order valence-electron chi connectivity index (χ2n) is 6.00. The first-order valence-electron chi connectivity index (χ1n) is 8.19. The predicted octanol–water partition coefficient (Wildman–Crippen LogP) is 3.54. The highest BCUT2D eigenvalue weighted by atomic mass is 35.5. The topological polar surface area (TPSA) is 76.9 Å². The van der Waals surface area contributed by atoms with E-state index in [2.05, 4.69) is 14.9 Å². The molecular weight excluding hydrogens is 404 g/mol. The summed E-state index contributed by atoms with van der Waals surface area (Å²) in [7, 11) is -3.21. The number of aromatic nitrogens is 3. The second-order valence-corrected chi connectivity index (χ2v) is 9.33. The number of rotatable bonds is 7. The molecule has 142 valence electrons. The fourth-order valence-electron chi connectivity index (χ4n) is 2.45. The van der Waals surface area contributed by atoms with Crippen LogP contribution in [0, 0.1) is 6.92 Å². The maximum absolute atomic E-state index is 11.2. The normalized spacial score (nSPS) is 11.7. The summed E-state index contributed by atoms with van der Waals surface area (Å²) < 4.78 is 26.9. The van der Waals surface area contributed by atoms with Gasteiger partial charge in [0.1, 0.15) is 0 Å². The Kier molecular flexibility index (Phi) is 6.21. The van der Waals surface area contributed by atoms with Crippen molar-refractivity contribution in [2.24, 2.45) is 0 Å². The molecule has 9 heteroatoms. The van der Waals surface area contributed by atoms with Crippen molar-refractivity contribution in [1.82, 2.24) is 19.5 Å². The Balaban J connectivity index is 1.93. The van der Waals surface area contributed by atoms with Gasteiger partial charge in [0.2, 0.25) is 10.0 Å². The van der Waals surface area contributed by atoms with E-state index in [9.17, 15) is 8.42 Å². The lowest BCUT2D eigenvalue weighted by atomic mass is 10.2. The summed E-state index contributed by atoms with van der Waals surface area (Å²) in [6, 6.07) is 15.5. The molecule has 0 aliphatic carbocycles. The van der Waals surface area contributed by atoms with Crippen LogP contribution in [0.1, 0.15) is 5.56 Å². The predicted molar refractivity (Wildman–Crippen MR) is 110 cm³/mol. The van der Waals surface area contributed by atoms with Crippen LogP contribution in [0.15, 0.2) is 53.7 Å². The minimum absolute atomic E-state index is 0.320. The molecule has 27 heavy (non-hydrogen) atoms. The van der Waals surface area contributed by atoms with Gasteiger partial charge in [-0.25, -0.2) is 13.1 Å². The van der Waals surface area contributed by atoms with Gasteiger partial charge in [0.15, 0.2) is 11.0 Å². The number of halogens is 1. The molecule has 0 aliphatic heterocycles. The van der Waals surface area contributed by atoms with E-state index >= 15 is 0 Å². The monoisotopic (exact) mass is 422 g/mol. The maximum atomic E-state index is 11.2. The molecule has 6 nitrogen and oxygen atoms in total. The molecule has 0 bridgehead atoms. The molecule has 1 heterocycles. The summed E-state index contributed by atoms with van der Waals surface area (Å²) in [6.45, 7) is 2.35. The first-order chi connectivity index (χ1) is 12.8. The molecule has 0 amide bonds. The average molecular weight is 423 g/mol. The average Bonchev–Trinajstić information content (AvgIpc) is 3.03. The second kappa shape index (κ2) is 8.43. The van der Waals surface area contributed by atoms with E-state index in [0.717, 1.165) is 23.1 Å². The molecule has 0 atom stereocenters. The number of thioether (sulfide) groups is 1. The molecule has 0 fully saturated rings. The van der Waals surface area contributed by atoms with E-state index in [0.29, 0.717) is 28.3 Å². The Hall–Kier alpha value is -1.87. The third-order valence-corrected chi connectivity index (χ3v) is 5.64. The van der Waals surface area contributed by atoms with Crippen molar-refractivity contribution in [3.8, 4) is 17.1 Å². The Morgan fingerprint density at radius 3 is 2.37 bits per heavy atom. The van der Waals surface area contributed by atoms with Crippen LogP contribution in [-0.4, -0.2) is 41.7 Å². The Bertz CT molecular complexity index is 1020. The molecular formula is C18H19ClN4O2S2. The van der Waals surface area contributed by atoms with E-state index in [-0.39, 0.29) is 0 Å². The van der Waals surface area contributed by atoms with Crippen LogP contribution in [0.25, 0.3) is 17.1 Å². The van der Waals surface area contributed by atoms with Crippen molar-refractivity contribution >= 4 is 33.4 Å². The van der Waals surface area contributed by atoms with Crippen LogP contribution in [0.4, 0.5) is 0 Å². The van der Waals surface area contributed by atoms with Crippen molar-refractivity contribution in [3.63, 3.8) is 0 Å². The zero-order chi connectivity index (χ0) is 19.4. The van der Waals surface area contributed by atoms with Crippen LogP contribution in [-0.2, 0) is 10.0 Å². The molecule has 0 saturated carbocycles. The Morgan fingerprint density at radius 2 is 1.74 bits per heavy atom. The number of nitrogens with zero attached hydrogens (tertiary/aromatic N) is 3. The van der Waals surface area contributed by atoms with Crippen LogP contribution in [0.3, 0.4) is 0 Å².